The SMILES string of the molecule is CC(C)c1ccc(S(=O)c2cc(C#N)c(C(C)C)c(C#N)c2)cc1. The maximum Gasteiger partial charge on any atom is 0.0995 e. The molecule has 0 bridgehead atoms. The van der Waals surface area contributed by atoms with Crippen molar-refractivity contribution in [2.45, 2.75) is 49.3 Å². The van der Waals surface area contributed by atoms with Gasteiger partial charge in [-0.1, -0.05) is 39.8 Å². The first-order chi connectivity index (χ1) is 11.4. The maximum absolute atomic E-state index is 12.8. The molecule has 24 heavy (non-hydrogen) atoms. The Kier molecular flexibility index (Phi) is 5.54. The zero-order valence-corrected chi connectivity index (χ0v) is 15.1. The van der Waals surface area contributed by atoms with Gasteiger partial charge in [0.1, 0.15) is 0 Å². The summed E-state index contributed by atoms with van der Waals surface area (Å²) in [6, 6.07) is 15.2. The predicted octanol–water partition coefficient (Wildman–Crippen LogP) is 4.84. The highest BCUT2D eigenvalue weighted by Crippen LogP contribution is 2.28. The van der Waals surface area contributed by atoms with Crippen LogP contribution in [0.5, 0.6) is 0 Å². The summed E-state index contributed by atoms with van der Waals surface area (Å²) in [6.45, 7) is 8.10. The minimum Gasteiger partial charge on any atom is -0.249 e. The summed E-state index contributed by atoms with van der Waals surface area (Å²) >= 11 is 0. The van der Waals surface area contributed by atoms with Crippen LogP contribution >= 0.6 is 0 Å². The maximum atomic E-state index is 12.8. The van der Waals surface area contributed by atoms with Crippen molar-refractivity contribution in [1.29, 1.82) is 10.5 Å². The lowest BCUT2D eigenvalue weighted by molar-refractivity contribution is 0.683. The largest absolute Gasteiger partial charge is 0.249 e. The predicted molar refractivity (Wildman–Crippen MR) is 95.2 cm³/mol. The summed E-state index contributed by atoms with van der Waals surface area (Å²) in [5.41, 5.74) is 2.75. The molecule has 4 heteroatoms. The Bertz CT molecular complexity index is 818. The molecule has 0 radical (unpaired) electrons. The topological polar surface area (TPSA) is 64.7 Å². The molecule has 0 saturated heterocycles. The van der Waals surface area contributed by atoms with Crippen molar-refractivity contribution >= 4 is 10.8 Å². The Morgan fingerprint density at radius 3 is 1.71 bits per heavy atom. The Hall–Kier alpha value is -2.43. The first-order valence-corrected chi connectivity index (χ1v) is 9.03. The number of nitriles is 2. The molecule has 2 aromatic rings. The molecular formula is C20H20N2OS. The average Bonchev–Trinajstić information content (AvgIpc) is 2.59. The third kappa shape index (κ3) is 3.55. The van der Waals surface area contributed by atoms with E-state index in [1.54, 1.807) is 12.1 Å². The first kappa shape index (κ1) is 17.9. The molecule has 0 aromatic heterocycles. The van der Waals surface area contributed by atoms with Crippen molar-refractivity contribution in [1.82, 2.24) is 0 Å². The van der Waals surface area contributed by atoms with Gasteiger partial charge < -0.3 is 0 Å². The summed E-state index contributed by atoms with van der Waals surface area (Å²) in [6.07, 6.45) is 0. The molecule has 0 aliphatic carbocycles. The van der Waals surface area contributed by atoms with Crippen LogP contribution in [0.15, 0.2) is 46.2 Å². The molecule has 0 saturated carbocycles. The zero-order valence-electron chi connectivity index (χ0n) is 14.3. The molecule has 0 heterocycles. The lowest BCUT2D eigenvalue weighted by Gasteiger charge is -2.13. The molecular weight excluding hydrogens is 316 g/mol. The molecule has 0 amide bonds. The van der Waals surface area contributed by atoms with E-state index in [9.17, 15) is 14.7 Å². The molecule has 1 unspecified atom stereocenters. The molecule has 0 fully saturated rings. The van der Waals surface area contributed by atoms with Crippen molar-refractivity contribution < 1.29 is 4.21 Å². The van der Waals surface area contributed by atoms with Crippen molar-refractivity contribution in [3.8, 4) is 12.1 Å². The van der Waals surface area contributed by atoms with E-state index in [4.69, 9.17) is 0 Å². The van der Waals surface area contributed by atoms with Gasteiger partial charge in [0, 0.05) is 9.79 Å². The molecule has 0 spiro atoms. The molecule has 0 N–H and O–H groups in total. The van der Waals surface area contributed by atoms with E-state index in [0.717, 1.165) is 5.56 Å². The monoisotopic (exact) mass is 336 g/mol. The normalized spacial score (nSPS) is 12.0. The highest BCUT2D eigenvalue weighted by atomic mass is 32.2. The van der Waals surface area contributed by atoms with Crippen LogP contribution in [0, 0.1) is 22.7 Å². The second-order valence-electron chi connectivity index (χ2n) is 6.30. The van der Waals surface area contributed by atoms with E-state index in [1.165, 1.54) is 5.56 Å². The van der Waals surface area contributed by atoms with E-state index in [2.05, 4.69) is 26.0 Å². The average molecular weight is 336 g/mol. The smallest absolute Gasteiger partial charge is 0.0995 e. The van der Waals surface area contributed by atoms with Gasteiger partial charge in [-0.05, 0) is 47.2 Å². The fourth-order valence-electron chi connectivity index (χ4n) is 2.65. The van der Waals surface area contributed by atoms with Gasteiger partial charge >= 0.3 is 0 Å². The second kappa shape index (κ2) is 7.43. The van der Waals surface area contributed by atoms with E-state index < -0.39 is 10.8 Å². The fourth-order valence-corrected chi connectivity index (χ4v) is 3.76. The first-order valence-electron chi connectivity index (χ1n) is 7.88. The Balaban J connectivity index is 2.51. The number of benzene rings is 2. The van der Waals surface area contributed by atoms with E-state index in [1.807, 2.05) is 38.1 Å². The summed E-state index contributed by atoms with van der Waals surface area (Å²) < 4.78 is 12.8. The number of nitrogens with zero attached hydrogens (tertiary/aromatic N) is 2. The molecule has 3 nitrogen and oxygen atoms in total. The third-order valence-corrected chi connectivity index (χ3v) is 5.31. The molecule has 2 aromatic carbocycles. The number of hydrogen-bond acceptors (Lipinski definition) is 3. The fraction of sp³-hybridized carbons (Fsp3) is 0.300. The van der Waals surface area contributed by atoms with Crippen LogP contribution < -0.4 is 0 Å². The number of rotatable bonds is 4. The molecule has 0 aliphatic rings. The van der Waals surface area contributed by atoms with Crippen LogP contribution in [0.2, 0.25) is 0 Å². The van der Waals surface area contributed by atoms with E-state index >= 15 is 0 Å². The summed E-state index contributed by atoms with van der Waals surface area (Å²) in [7, 11) is -1.42. The van der Waals surface area contributed by atoms with Crippen molar-refractivity contribution in [2.75, 3.05) is 0 Å². The van der Waals surface area contributed by atoms with Gasteiger partial charge in [0.05, 0.1) is 34.1 Å². The van der Waals surface area contributed by atoms with Gasteiger partial charge in [-0.3, -0.25) is 0 Å². The van der Waals surface area contributed by atoms with E-state index in [0.29, 0.717) is 26.8 Å². The van der Waals surface area contributed by atoms with Gasteiger partial charge in [0.25, 0.3) is 0 Å². The molecule has 0 aliphatic heterocycles. The van der Waals surface area contributed by atoms with Crippen LogP contribution in [0.4, 0.5) is 0 Å². The van der Waals surface area contributed by atoms with Crippen LogP contribution in [-0.4, -0.2) is 4.21 Å². The van der Waals surface area contributed by atoms with Crippen molar-refractivity contribution in [2.24, 2.45) is 0 Å². The quantitative estimate of drug-likeness (QED) is 0.802. The van der Waals surface area contributed by atoms with Gasteiger partial charge in [-0.25, -0.2) is 4.21 Å². The number of hydrogen-bond donors (Lipinski definition) is 0. The highest BCUT2D eigenvalue weighted by Gasteiger charge is 2.17. The summed E-state index contributed by atoms with van der Waals surface area (Å²) in [5.74, 6) is 0.468. The Morgan fingerprint density at radius 2 is 1.33 bits per heavy atom. The lowest BCUT2D eigenvalue weighted by atomic mass is 9.93. The zero-order chi connectivity index (χ0) is 17.9. The molecule has 2 rings (SSSR count). The van der Waals surface area contributed by atoms with Crippen molar-refractivity contribution in [3.63, 3.8) is 0 Å². The molecule has 1 atom stereocenters. The standard InChI is InChI=1S/C20H20N2OS/c1-13(2)15-5-7-18(8-6-15)24(23)19-9-16(11-21)20(14(3)4)17(10-19)12-22/h5-10,13-14H,1-4H3. The van der Waals surface area contributed by atoms with E-state index in [-0.39, 0.29) is 5.92 Å². The van der Waals surface area contributed by atoms with Crippen LogP contribution in [-0.2, 0) is 10.8 Å². The Morgan fingerprint density at radius 1 is 0.833 bits per heavy atom. The second-order valence-corrected chi connectivity index (χ2v) is 7.78. The summed E-state index contributed by atoms with van der Waals surface area (Å²) in [5, 5.41) is 18.8. The van der Waals surface area contributed by atoms with Gasteiger partial charge in [0.15, 0.2) is 0 Å². The third-order valence-electron chi connectivity index (χ3n) is 3.95. The van der Waals surface area contributed by atoms with Gasteiger partial charge in [-0.15, -0.1) is 0 Å². The van der Waals surface area contributed by atoms with Crippen LogP contribution in [0.1, 0.15) is 61.8 Å². The van der Waals surface area contributed by atoms with Gasteiger partial charge in [-0.2, -0.15) is 10.5 Å². The molecule has 122 valence electrons. The van der Waals surface area contributed by atoms with Crippen LogP contribution in [0.3, 0.4) is 0 Å². The summed E-state index contributed by atoms with van der Waals surface area (Å²) in [4.78, 5) is 1.16. The Labute approximate surface area is 146 Å². The van der Waals surface area contributed by atoms with Crippen molar-refractivity contribution in [3.05, 3.63) is 58.7 Å². The minimum atomic E-state index is -1.42. The minimum absolute atomic E-state index is 0.0575. The lowest BCUT2D eigenvalue weighted by Crippen LogP contribution is -2.02. The highest BCUT2D eigenvalue weighted by molar-refractivity contribution is 7.85. The van der Waals surface area contributed by atoms with Crippen LogP contribution in [0.25, 0.3) is 0 Å². The van der Waals surface area contributed by atoms with Gasteiger partial charge in [0.2, 0.25) is 0 Å².